The van der Waals surface area contributed by atoms with Gasteiger partial charge in [0.05, 0.1) is 5.92 Å². The van der Waals surface area contributed by atoms with E-state index in [-0.39, 0.29) is 11.3 Å². The Balaban J connectivity index is 2.30. The zero-order valence-electron chi connectivity index (χ0n) is 10.2. The summed E-state index contributed by atoms with van der Waals surface area (Å²) in [7, 11) is 0. The van der Waals surface area contributed by atoms with E-state index in [1.165, 1.54) is 12.8 Å². The van der Waals surface area contributed by atoms with E-state index in [1.54, 1.807) is 0 Å². The number of fused-ring (bicyclic) bond motifs is 2. The lowest BCUT2D eigenvalue weighted by molar-refractivity contribution is -0.145. The first-order valence-electron chi connectivity index (χ1n) is 6.03. The fourth-order valence-corrected chi connectivity index (χ4v) is 4.19. The average molecular weight is 210 g/mol. The van der Waals surface area contributed by atoms with E-state index in [1.807, 2.05) is 6.92 Å². The van der Waals surface area contributed by atoms with Crippen LogP contribution in [0.2, 0.25) is 0 Å². The largest absolute Gasteiger partial charge is 0.481 e. The predicted octanol–water partition coefficient (Wildman–Crippen LogP) is 3.17. The van der Waals surface area contributed by atoms with Gasteiger partial charge in [0.15, 0.2) is 0 Å². The molecule has 2 aliphatic rings. The maximum Gasteiger partial charge on any atom is 0.306 e. The van der Waals surface area contributed by atoms with Crippen molar-refractivity contribution in [2.75, 3.05) is 0 Å². The van der Waals surface area contributed by atoms with Gasteiger partial charge in [-0.3, -0.25) is 4.79 Å². The van der Waals surface area contributed by atoms with Gasteiger partial charge in [-0.05, 0) is 41.9 Å². The Bertz CT molecular complexity index is 295. The zero-order valence-corrected chi connectivity index (χ0v) is 10.2. The molecule has 0 radical (unpaired) electrons. The van der Waals surface area contributed by atoms with Crippen LogP contribution < -0.4 is 0 Å². The van der Waals surface area contributed by atoms with Crippen LogP contribution in [0, 0.1) is 28.6 Å². The first-order chi connectivity index (χ1) is 6.80. The standard InChI is InChI=1S/C13H22O2/c1-8(11(14)15)10-7-9-5-6-13(10,4)12(9,2)3/h8-10H,5-7H2,1-4H3,(H,14,15)/t8?,9?,10?,13-/m0/s1. The quantitative estimate of drug-likeness (QED) is 0.760. The third-order valence-corrected chi connectivity index (χ3v) is 5.85. The number of carboxylic acid groups (broad SMARTS) is 1. The van der Waals surface area contributed by atoms with Crippen molar-refractivity contribution in [3.63, 3.8) is 0 Å². The summed E-state index contributed by atoms with van der Waals surface area (Å²) >= 11 is 0. The minimum Gasteiger partial charge on any atom is -0.481 e. The smallest absolute Gasteiger partial charge is 0.306 e. The number of hydrogen-bond donors (Lipinski definition) is 1. The maximum atomic E-state index is 11.1. The fourth-order valence-electron chi connectivity index (χ4n) is 4.19. The zero-order chi connectivity index (χ0) is 11.4. The summed E-state index contributed by atoms with van der Waals surface area (Å²) in [5, 5.41) is 9.16. The van der Waals surface area contributed by atoms with Crippen LogP contribution in [-0.2, 0) is 4.79 Å². The Morgan fingerprint density at radius 2 is 2.00 bits per heavy atom. The fraction of sp³-hybridized carbons (Fsp3) is 0.923. The summed E-state index contributed by atoms with van der Waals surface area (Å²) in [5.41, 5.74) is 0.580. The highest BCUT2D eigenvalue weighted by atomic mass is 16.4. The van der Waals surface area contributed by atoms with Gasteiger partial charge in [-0.1, -0.05) is 27.7 Å². The Morgan fingerprint density at radius 1 is 1.40 bits per heavy atom. The molecule has 2 heteroatoms. The van der Waals surface area contributed by atoms with E-state index in [2.05, 4.69) is 20.8 Å². The third kappa shape index (κ3) is 1.20. The third-order valence-electron chi connectivity index (χ3n) is 5.85. The minimum atomic E-state index is -0.621. The highest BCUT2D eigenvalue weighted by Crippen LogP contribution is 2.69. The topological polar surface area (TPSA) is 37.3 Å². The van der Waals surface area contributed by atoms with Gasteiger partial charge in [-0.15, -0.1) is 0 Å². The van der Waals surface area contributed by atoms with Crippen LogP contribution in [0.3, 0.4) is 0 Å². The van der Waals surface area contributed by atoms with Crippen molar-refractivity contribution in [3.05, 3.63) is 0 Å². The second kappa shape index (κ2) is 2.99. The first-order valence-corrected chi connectivity index (χ1v) is 6.03. The number of hydrogen-bond acceptors (Lipinski definition) is 1. The molecule has 3 unspecified atom stereocenters. The molecule has 4 atom stereocenters. The molecule has 0 aromatic carbocycles. The molecule has 2 nitrogen and oxygen atoms in total. The summed E-state index contributed by atoms with van der Waals surface area (Å²) in [6.45, 7) is 8.86. The molecule has 0 aliphatic heterocycles. The van der Waals surface area contributed by atoms with Crippen LogP contribution in [0.4, 0.5) is 0 Å². The normalized spacial score (nSPS) is 44.3. The number of carboxylic acids is 1. The molecule has 0 aromatic heterocycles. The lowest BCUT2D eigenvalue weighted by Crippen LogP contribution is -2.37. The maximum absolute atomic E-state index is 11.1. The predicted molar refractivity (Wildman–Crippen MR) is 59.5 cm³/mol. The number of aliphatic carboxylic acids is 1. The Morgan fingerprint density at radius 3 is 2.33 bits per heavy atom. The molecule has 2 aliphatic carbocycles. The number of carbonyl (C=O) groups is 1. The summed E-state index contributed by atoms with van der Waals surface area (Å²) in [5.74, 6) is 0.321. The molecule has 86 valence electrons. The molecular formula is C13H22O2. The summed E-state index contributed by atoms with van der Waals surface area (Å²) in [4.78, 5) is 11.1. The number of rotatable bonds is 2. The highest BCUT2D eigenvalue weighted by molar-refractivity contribution is 5.70. The Hall–Kier alpha value is -0.530. The summed E-state index contributed by atoms with van der Waals surface area (Å²) < 4.78 is 0. The van der Waals surface area contributed by atoms with Crippen molar-refractivity contribution in [3.8, 4) is 0 Å². The SMILES string of the molecule is CC(C(=O)O)C1CC2CC[C@]1(C)C2(C)C. The van der Waals surface area contributed by atoms with Crippen LogP contribution in [-0.4, -0.2) is 11.1 Å². The van der Waals surface area contributed by atoms with Gasteiger partial charge in [0.1, 0.15) is 0 Å². The lowest BCUT2D eigenvalue weighted by Gasteiger charge is -2.40. The molecule has 2 saturated carbocycles. The molecule has 0 aromatic rings. The van der Waals surface area contributed by atoms with E-state index in [4.69, 9.17) is 5.11 Å². The average Bonchev–Trinajstić information content (AvgIpc) is 2.47. The monoisotopic (exact) mass is 210 g/mol. The van der Waals surface area contributed by atoms with E-state index in [0.717, 1.165) is 12.3 Å². The Kier molecular flexibility index (Phi) is 2.19. The van der Waals surface area contributed by atoms with Gasteiger partial charge in [0.2, 0.25) is 0 Å². The molecule has 0 heterocycles. The van der Waals surface area contributed by atoms with E-state index in [0.29, 0.717) is 11.3 Å². The van der Waals surface area contributed by atoms with Crippen LogP contribution in [0.1, 0.15) is 47.0 Å². The lowest BCUT2D eigenvalue weighted by atomic mass is 9.63. The molecule has 2 fully saturated rings. The van der Waals surface area contributed by atoms with E-state index < -0.39 is 5.97 Å². The molecule has 0 spiro atoms. The van der Waals surface area contributed by atoms with Crippen molar-refractivity contribution in [1.29, 1.82) is 0 Å². The molecule has 15 heavy (non-hydrogen) atoms. The molecule has 2 bridgehead atoms. The summed E-state index contributed by atoms with van der Waals surface area (Å²) in [6.07, 6.45) is 3.64. The molecule has 2 rings (SSSR count). The van der Waals surface area contributed by atoms with Crippen molar-refractivity contribution in [2.24, 2.45) is 28.6 Å². The van der Waals surface area contributed by atoms with Crippen LogP contribution in [0.15, 0.2) is 0 Å². The van der Waals surface area contributed by atoms with E-state index in [9.17, 15) is 4.79 Å². The second-order valence-corrected chi connectivity index (χ2v) is 6.34. The molecule has 0 saturated heterocycles. The van der Waals surface area contributed by atoms with Crippen LogP contribution in [0.25, 0.3) is 0 Å². The summed E-state index contributed by atoms with van der Waals surface area (Å²) in [6, 6.07) is 0. The van der Waals surface area contributed by atoms with Crippen molar-refractivity contribution in [2.45, 2.75) is 47.0 Å². The van der Waals surface area contributed by atoms with Gasteiger partial charge in [0, 0.05) is 0 Å². The minimum absolute atomic E-state index is 0.181. The van der Waals surface area contributed by atoms with Crippen molar-refractivity contribution < 1.29 is 9.90 Å². The van der Waals surface area contributed by atoms with Crippen LogP contribution >= 0.6 is 0 Å². The molecule has 1 N–H and O–H groups in total. The van der Waals surface area contributed by atoms with Gasteiger partial charge in [-0.2, -0.15) is 0 Å². The van der Waals surface area contributed by atoms with Gasteiger partial charge in [-0.25, -0.2) is 0 Å². The van der Waals surface area contributed by atoms with Gasteiger partial charge in [0.25, 0.3) is 0 Å². The Labute approximate surface area is 92.1 Å². The van der Waals surface area contributed by atoms with Crippen molar-refractivity contribution in [1.82, 2.24) is 0 Å². The second-order valence-electron chi connectivity index (χ2n) is 6.34. The highest BCUT2D eigenvalue weighted by Gasteiger charge is 2.62. The van der Waals surface area contributed by atoms with Gasteiger partial charge >= 0.3 is 5.97 Å². The van der Waals surface area contributed by atoms with E-state index >= 15 is 0 Å². The van der Waals surface area contributed by atoms with Crippen molar-refractivity contribution >= 4 is 5.97 Å². The van der Waals surface area contributed by atoms with Gasteiger partial charge < -0.3 is 5.11 Å². The van der Waals surface area contributed by atoms with Crippen LogP contribution in [0.5, 0.6) is 0 Å². The molecule has 0 amide bonds. The first kappa shape index (κ1) is 11.0. The molecular weight excluding hydrogens is 188 g/mol.